The Morgan fingerprint density at radius 2 is 1.36 bits per heavy atom. The predicted octanol–water partition coefficient (Wildman–Crippen LogP) is 11.2. The summed E-state index contributed by atoms with van der Waals surface area (Å²) < 4.78 is 11.9. The van der Waals surface area contributed by atoms with E-state index in [4.69, 9.17) is 9.47 Å². The van der Waals surface area contributed by atoms with Gasteiger partial charge in [-0.15, -0.1) is 0 Å². The summed E-state index contributed by atoms with van der Waals surface area (Å²) in [6.07, 6.45) is 23.1. The summed E-state index contributed by atoms with van der Waals surface area (Å²) in [7, 11) is 0. The minimum atomic E-state index is -0.286. The molecule has 1 heterocycles. The molecule has 0 saturated heterocycles. The van der Waals surface area contributed by atoms with E-state index in [-0.39, 0.29) is 34.3 Å². The van der Waals surface area contributed by atoms with Gasteiger partial charge in [0.25, 0.3) is 11.8 Å². The number of hydrogen-bond donors (Lipinski definition) is 0. The number of Topliss-reactive ketones (excluding diaryl/α,β-unsaturated/α-hetero) is 1. The Balaban J connectivity index is 0.000000248. The summed E-state index contributed by atoms with van der Waals surface area (Å²) >= 11 is 0. The van der Waals surface area contributed by atoms with Gasteiger partial charge in [0, 0.05) is 16.8 Å². The van der Waals surface area contributed by atoms with Crippen molar-refractivity contribution in [3.05, 3.63) is 243 Å². The lowest BCUT2D eigenvalue weighted by Gasteiger charge is -2.14. The number of amides is 2. The molecular weight excluding hydrogens is 827 g/mol. The van der Waals surface area contributed by atoms with Gasteiger partial charge in [0.15, 0.2) is 11.6 Å². The number of ether oxygens (including phenoxy) is 2. The first-order chi connectivity index (χ1) is 31.0. The molecule has 0 aromatic heterocycles. The number of carbonyl (C=O) groups excluding carboxylic acids is 4. The fourth-order valence-corrected chi connectivity index (χ4v) is 7.36. The zero-order valence-corrected chi connectivity index (χ0v) is 37.7. The maximum atomic E-state index is 12.9. The second-order valence-corrected chi connectivity index (χ2v) is 15.9. The maximum Gasteiger partial charge on any atom is 0.266 e. The third kappa shape index (κ3) is 12.7. The molecule has 66 heavy (non-hydrogen) atoms. The average molecular weight is 882 g/mol. The van der Waals surface area contributed by atoms with E-state index in [0.29, 0.717) is 46.7 Å². The molecule has 0 spiro atoms. The van der Waals surface area contributed by atoms with Crippen molar-refractivity contribution in [3.8, 4) is 11.5 Å². The van der Waals surface area contributed by atoms with Gasteiger partial charge in [0.05, 0.1) is 11.1 Å². The van der Waals surface area contributed by atoms with Crippen LogP contribution in [0.5, 0.6) is 11.5 Å². The molecule has 0 radical (unpaired) electrons. The summed E-state index contributed by atoms with van der Waals surface area (Å²) in [4.78, 5) is 51.2. The molecule has 9 nitrogen and oxygen atoms in total. The van der Waals surface area contributed by atoms with Gasteiger partial charge in [-0.2, -0.15) is 0 Å². The second kappa shape index (κ2) is 23.3. The Kier molecular flexibility index (Phi) is 17.4. The van der Waals surface area contributed by atoms with Crippen LogP contribution in [-0.2, 0) is 13.0 Å². The third-order valence-corrected chi connectivity index (χ3v) is 11.0. The van der Waals surface area contributed by atoms with Crippen LogP contribution in [0.2, 0.25) is 0 Å². The van der Waals surface area contributed by atoms with Crippen LogP contribution in [-0.4, -0.2) is 39.2 Å². The monoisotopic (exact) mass is 881 g/mol. The van der Waals surface area contributed by atoms with E-state index in [2.05, 4.69) is 43.4 Å². The molecule has 8 rings (SSSR count). The number of allylic oxidation sites excluding steroid dienone is 11. The minimum Gasteiger partial charge on any atom is -0.489 e. The van der Waals surface area contributed by atoms with Crippen molar-refractivity contribution in [2.45, 2.75) is 60.0 Å². The first-order valence-corrected chi connectivity index (χ1v) is 21.5. The molecule has 0 saturated carbocycles. The summed E-state index contributed by atoms with van der Waals surface area (Å²) in [5, 5.41) is 0. The van der Waals surface area contributed by atoms with E-state index in [1.54, 1.807) is 54.6 Å². The molecule has 2 amide bonds. The average Bonchev–Trinajstić information content (AvgIpc) is 3.54. The van der Waals surface area contributed by atoms with Crippen LogP contribution < -0.4 is 9.47 Å². The van der Waals surface area contributed by atoms with Gasteiger partial charge in [0.1, 0.15) is 23.9 Å². The summed E-state index contributed by atoms with van der Waals surface area (Å²) in [5.41, 5.74) is 10.4. The number of hydrogen-bond acceptors (Lipinski definition) is 6. The van der Waals surface area contributed by atoms with Gasteiger partial charge >= 0.3 is 0 Å². The molecule has 0 unspecified atom stereocenters. The smallest absolute Gasteiger partial charge is 0.266 e. The number of nitrogens with zero attached hydrogens (tertiary/aromatic N) is 1. The van der Waals surface area contributed by atoms with E-state index >= 15 is 0 Å². The van der Waals surface area contributed by atoms with E-state index in [1.165, 1.54) is 40.2 Å². The quantitative estimate of drug-likeness (QED) is 0.0652. The normalized spacial score (nSPS) is 13.9. The van der Waals surface area contributed by atoms with Crippen LogP contribution in [0.1, 0.15) is 102 Å². The molecule has 1 aliphatic heterocycles. The zero-order valence-electron chi connectivity index (χ0n) is 37.7. The number of imide groups is 1. The fourth-order valence-electron chi connectivity index (χ4n) is 7.36. The molecule has 4 N–H and O–H groups in total. The zero-order chi connectivity index (χ0) is 45.0. The standard InChI is InChI=1S/C32H29NO3.C25H22O3.2H2O/c1-3-23-6-4-7-24(12-11-23)21-25-13-16-28(17-14-25)36-27-9-5-8-26(15-18-27)33-31(34)29-19-10-22(2)20-30(29)32(33)35;1-18-7-14-22(15-8-18)28-17-21-11-9-20(10-12-21)13-16-25(27)24-6-4-3-5-23(24)19(2)26;;/h4,7-20H,3,5-6,21H2,1-2H3;3-16H,17H2,1-2H3;2*1H2/b;16-13-;;. The van der Waals surface area contributed by atoms with Gasteiger partial charge in [-0.1, -0.05) is 139 Å². The van der Waals surface area contributed by atoms with Crippen molar-refractivity contribution >= 4 is 29.5 Å². The number of aryl methyl sites for hydroxylation is 2. The molecule has 5 aromatic rings. The Bertz CT molecular complexity index is 2780. The lowest BCUT2D eigenvalue weighted by Crippen LogP contribution is -2.28. The van der Waals surface area contributed by atoms with Gasteiger partial charge in [-0.3, -0.25) is 19.2 Å². The van der Waals surface area contributed by atoms with Gasteiger partial charge in [-0.25, -0.2) is 4.90 Å². The second-order valence-electron chi connectivity index (χ2n) is 15.9. The van der Waals surface area contributed by atoms with Crippen molar-refractivity contribution in [2.75, 3.05) is 0 Å². The molecule has 336 valence electrons. The van der Waals surface area contributed by atoms with Gasteiger partial charge < -0.3 is 20.4 Å². The largest absolute Gasteiger partial charge is 0.489 e. The Morgan fingerprint density at radius 1 is 0.697 bits per heavy atom. The topological polar surface area (TPSA) is 153 Å². The SMILES string of the molecule is CC(=O)c1ccccc1C(=O)/C=C\c1ccc(COc2ccc(C)cc2)cc1.CCC1=CC=C(Cc2ccc(OC3=CCC=C(N4C(=O)c5ccc(C)cc5C4=O)C=C3)cc2)C=CC1.O.O. The highest BCUT2D eigenvalue weighted by Gasteiger charge is 2.37. The van der Waals surface area contributed by atoms with Crippen molar-refractivity contribution in [2.24, 2.45) is 0 Å². The number of rotatable bonds is 13. The van der Waals surface area contributed by atoms with E-state index in [0.717, 1.165) is 47.5 Å². The van der Waals surface area contributed by atoms with Crippen molar-refractivity contribution in [3.63, 3.8) is 0 Å². The van der Waals surface area contributed by atoms with Crippen LogP contribution in [0, 0.1) is 13.8 Å². The van der Waals surface area contributed by atoms with Crippen molar-refractivity contribution in [1.82, 2.24) is 4.90 Å². The molecule has 0 fully saturated rings. The minimum absolute atomic E-state index is 0. The van der Waals surface area contributed by atoms with E-state index in [1.807, 2.05) is 92.7 Å². The van der Waals surface area contributed by atoms with Crippen molar-refractivity contribution < 1.29 is 39.6 Å². The lowest BCUT2D eigenvalue weighted by molar-refractivity contribution is 0.0708. The molecule has 0 atom stereocenters. The highest BCUT2D eigenvalue weighted by atomic mass is 16.5. The number of carbonyl (C=O) groups is 4. The van der Waals surface area contributed by atoms with Crippen LogP contribution in [0.15, 0.2) is 193 Å². The fraction of sp³-hybridized carbons (Fsp3) is 0.158. The first kappa shape index (κ1) is 49.3. The van der Waals surface area contributed by atoms with Crippen molar-refractivity contribution in [1.29, 1.82) is 0 Å². The molecule has 3 aliphatic rings. The summed E-state index contributed by atoms with van der Waals surface area (Å²) in [5.74, 6) is 1.39. The maximum absolute atomic E-state index is 12.9. The Hall–Kier alpha value is -7.72. The number of ketones is 2. The Labute approximate surface area is 386 Å². The van der Waals surface area contributed by atoms with Crippen LogP contribution in [0.4, 0.5) is 0 Å². The van der Waals surface area contributed by atoms with Crippen LogP contribution in [0.25, 0.3) is 6.08 Å². The molecular formula is C57H55NO8. The number of benzene rings is 5. The van der Waals surface area contributed by atoms with E-state index < -0.39 is 0 Å². The molecule has 5 aromatic carbocycles. The van der Waals surface area contributed by atoms with Gasteiger partial charge in [-0.05, 0) is 129 Å². The molecule has 9 heteroatoms. The van der Waals surface area contributed by atoms with Gasteiger partial charge in [0.2, 0.25) is 0 Å². The predicted molar refractivity (Wildman–Crippen MR) is 262 cm³/mol. The highest BCUT2D eigenvalue weighted by Crippen LogP contribution is 2.30. The van der Waals surface area contributed by atoms with E-state index in [9.17, 15) is 19.2 Å². The third-order valence-electron chi connectivity index (χ3n) is 11.0. The summed E-state index contributed by atoms with van der Waals surface area (Å²) in [6, 6.07) is 36.1. The summed E-state index contributed by atoms with van der Waals surface area (Å²) in [6.45, 7) is 8.10. The molecule has 2 aliphatic carbocycles. The Morgan fingerprint density at radius 3 is 2.08 bits per heavy atom. The van der Waals surface area contributed by atoms with Crippen LogP contribution in [0.3, 0.4) is 0 Å². The van der Waals surface area contributed by atoms with Crippen LogP contribution >= 0.6 is 0 Å². The molecule has 0 bridgehead atoms. The lowest BCUT2D eigenvalue weighted by atomic mass is 10.00. The highest BCUT2D eigenvalue weighted by molar-refractivity contribution is 6.22. The first-order valence-electron chi connectivity index (χ1n) is 21.5. The number of fused-ring (bicyclic) bond motifs is 1.